The van der Waals surface area contributed by atoms with Crippen LogP contribution < -0.4 is 10.2 Å². The molecular formula is C21H20O11. The maximum atomic E-state index is 12.6. The normalized spacial score (nSPS) is 25.7. The van der Waals surface area contributed by atoms with E-state index in [1.165, 1.54) is 19.1 Å². The van der Waals surface area contributed by atoms with Crippen LogP contribution in [0.3, 0.4) is 0 Å². The minimum absolute atomic E-state index is 0.0691. The van der Waals surface area contributed by atoms with Crippen molar-refractivity contribution in [3.05, 3.63) is 40.6 Å². The molecule has 0 saturated carbocycles. The highest BCUT2D eigenvalue weighted by molar-refractivity contribution is 5.88. The third-order valence-corrected chi connectivity index (χ3v) is 5.22. The molecule has 0 spiro atoms. The first-order chi connectivity index (χ1) is 15.1. The Labute approximate surface area is 179 Å². The largest absolute Gasteiger partial charge is 0.507 e. The first kappa shape index (κ1) is 21.7. The molecule has 4 rings (SSSR count). The Kier molecular flexibility index (Phi) is 5.34. The number of rotatable bonds is 3. The second-order valence-corrected chi connectivity index (χ2v) is 7.43. The SMILES string of the molecule is C[C@H]1O[C@H](Oc2cc(O)c3c(=O)c(O)c(-c4ccc(O)c(O)c4)oc3c2)[C@@H](O)[C@@H](O)[C@@H]1O. The molecular weight excluding hydrogens is 428 g/mol. The molecule has 11 nitrogen and oxygen atoms in total. The molecule has 2 heterocycles. The summed E-state index contributed by atoms with van der Waals surface area (Å²) in [5.41, 5.74) is -1.09. The molecule has 1 aliphatic heterocycles. The van der Waals surface area contributed by atoms with Crippen molar-refractivity contribution in [2.24, 2.45) is 0 Å². The molecule has 2 aromatic carbocycles. The number of ether oxygens (including phenoxy) is 2. The number of aliphatic hydroxyl groups is 3. The van der Waals surface area contributed by atoms with E-state index < -0.39 is 59.1 Å². The van der Waals surface area contributed by atoms with E-state index >= 15 is 0 Å². The molecule has 170 valence electrons. The third kappa shape index (κ3) is 3.56. The van der Waals surface area contributed by atoms with E-state index in [1.807, 2.05) is 0 Å². The van der Waals surface area contributed by atoms with Crippen LogP contribution in [0.5, 0.6) is 28.7 Å². The maximum absolute atomic E-state index is 12.6. The van der Waals surface area contributed by atoms with Gasteiger partial charge >= 0.3 is 0 Å². The number of fused-ring (bicyclic) bond motifs is 1. The molecule has 5 atom stereocenters. The molecule has 11 heteroatoms. The number of hydrogen-bond donors (Lipinski definition) is 7. The van der Waals surface area contributed by atoms with Crippen LogP contribution in [-0.2, 0) is 4.74 Å². The van der Waals surface area contributed by atoms with Crippen LogP contribution in [0.15, 0.2) is 39.5 Å². The van der Waals surface area contributed by atoms with Crippen LogP contribution in [0.1, 0.15) is 6.92 Å². The lowest BCUT2D eigenvalue weighted by molar-refractivity contribution is -0.268. The minimum Gasteiger partial charge on any atom is -0.507 e. The molecule has 0 unspecified atom stereocenters. The molecule has 3 aromatic rings. The van der Waals surface area contributed by atoms with E-state index in [4.69, 9.17) is 13.9 Å². The zero-order valence-electron chi connectivity index (χ0n) is 16.5. The fourth-order valence-electron chi connectivity index (χ4n) is 3.44. The smallest absolute Gasteiger partial charge is 0.238 e. The Balaban J connectivity index is 1.78. The molecule has 0 aliphatic carbocycles. The summed E-state index contributed by atoms with van der Waals surface area (Å²) in [6.07, 6.45) is -6.75. The van der Waals surface area contributed by atoms with Crippen LogP contribution in [0.25, 0.3) is 22.3 Å². The van der Waals surface area contributed by atoms with Crippen LogP contribution in [0.2, 0.25) is 0 Å². The van der Waals surface area contributed by atoms with Gasteiger partial charge in [-0.2, -0.15) is 0 Å². The highest BCUT2D eigenvalue weighted by Crippen LogP contribution is 2.38. The molecule has 7 N–H and O–H groups in total. The monoisotopic (exact) mass is 448 g/mol. The molecule has 0 bridgehead atoms. The van der Waals surface area contributed by atoms with Gasteiger partial charge in [-0.15, -0.1) is 0 Å². The number of phenols is 3. The van der Waals surface area contributed by atoms with Gasteiger partial charge in [0.15, 0.2) is 17.3 Å². The number of aliphatic hydroxyl groups excluding tert-OH is 3. The van der Waals surface area contributed by atoms with E-state index in [1.54, 1.807) is 0 Å². The zero-order valence-corrected chi connectivity index (χ0v) is 16.5. The fourth-order valence-corrected chi connectivity index (χ4v) is 3.44. The Morgan fingerprint density at radius 1 is 0.875 bits per heavy atom. The van der Waals surface area contributed by atoms with E-state index in [0.29, 0.717) is 0 Å². The van der Waals surface area contributed by atoms with Gasteiger partial charge in [0.05, 0.1) is 6.10 Å². The van der Waals surface area contributed by atoms with E-state index in [2.05, 4.69) is 0 Å². The van der Waals surface area contributed by atoms with Gasteiger partial charge in [-0.25, -0.2) is 0 Å². The van der Waals surface area contributed by atoms with Gasteiger partial charge in [-0.1, -0.05) is 0 Å². The van der Waals surface area contributed by atoms with Crippen molar-refractivity contribution in [3.8, 4) is 40.1 Å². The minimum atomic E-state index is -1.61. The van der Waals surface area contributed by atoms with Crippen LogP contribution >= 0.6 is 0 Å². The Morgan fingerprint density at radius 3 is 2.28 bits per heavy atom. The van der Waals surface area contributed by atoms with Crippen molar-refractivity contribution in [3.63, 3.8) is 0 Å². The van der Waals surface area contributed by atoms with Gasteiger partial charge in [-0.3, -0.25) is 4.79 Å². The maximum Gasteiger partial charge on any atom is 0.238 e. The summed E-state index contributed by atoms with van der Waals surface area (Å²) in [7, 11) is 0. The summed E-state index contributed by atoms with van der Waals surface area (Å²) in [6, 6.07) is 5.72. The van der Waals surface area contributed by atoms with Crippen molar-refractivity contribution >= 4 is 11.0 Å². The Morgan fingerprint density at radius 2 is 1.59 bits per heavy atom. The summed E-state index contributed by atoms with van der Waals surface area (Å²) in [6.45, 7) is 1.47. The van der Waals surface area contributed by atoms with Gasteiger partial charge in [0.1, 0.15) is 40.8 Å². The van der Waals surface area contributed by atoms with E-state index in [-0.39, 0.29) is 28.0 Å². The van der Waals surface area contributed by atoms with E-state index in [9.17, 15) is 40.5 Å². The average Bonchev–Trinajstić information content (AvgIpc) is 2.74. The standard InChI is InChI=1S/C21H20O11/c1-7-15(25)17(27)19(29)21(30-7)31-9-5-12(24)14-13(6-9)32-20(18(28)16(14)26)8-2-3-10(22)11(23)4-8/h2-7,15,17,19,21-25,27-29H,1H3/t7-,15-,17+,19+,21-/m1/s1. The Hall–Kier alpha value is -3.51. The molecule has 1 aromatic heterocycles. The predicted molar refractivity (Wildman–Crippen MR) is 108 cm³/mol. The van der Waals surface area contributed by atoms with Crippen molar-refractivity contribution in [2.45, 2.75) is 37.6 Å². The average molecular weight is 448 g/mol. The lowest BCUT2D eigenvalue weighted by Crippen LogP contribution is -2.58. The molecule has 0 radical (unpaired) electrons. The van der Waals surface area contributed by atoms with E-state index in [0.717, 1.165) is 18.2 Å². The lowest BCUT2D eigenvalue weighted by Gasteiger charge is -2.38. The molecule has 32 heavy (non-hydrogen) atoms. The van der Waals surface area contributed by atoms with Crippen LogP contribution in [0, 0.1) is 0 Å². The van der Waals surface area contributed by atoms with Crippen LogP contribution in [0.4, 0.5) is 0 Å². The second kappa shape index (κ2) is 7.88. The number of benzene rings is 2. The number of hydrogen-bond acceptors (Lipinski definition) is 11. The zero-order chi connectivity index (χ0) is 23.3. The van der Waals surface area contributed by atoms with Gasteiger partial charge in [0, 0.05) is 17.7 Å². The van der Waals surface area contributed by atoms with Crippen LogP contribution in [-0.4, -0.2) is 66.5 Å². The molecule has 1 fully saturated rings. The summed E-state index contributed by atoms with van der Waals surface area (Å²) >= 11 is 0. The number of aromatic hydroxyl groups is 4. The highest BCUT2D eigenvalue weighted by Gasteiger charge is 2.43. The van der Waals surface area contributed by atoms with Crippen molar-refractivity contribution in [2.75, 3.05) is 0 Å². The summed E-state index contributed by atoms with van der Waals surface area (Å²) in [5.74, 6) is -2.80. The van der Waals surface area contributed by atoms with Gasteiger partial charge in [0.25, 0.3) is 0 Å². The fraction of sp³-hybridized carbons (Fsp3) is 0.286. The summed E-state index contributed by atoms with van der Waals surface area (Å²) in [4.78, 5) is 12.6. The lowest BCUT2D eigenvalue weighted by atomic mass is 10.00. The van der Waals surface area contributed by atoms with Crippen molar-refractivity contribution < 1.29 is 49.6 Å². The molecule has 0 amide bonds. The quantitative estimate of drug-likeness (QED) is 0.276. The highest BCUT2D eigenvalue weighted by atomic mass is 16.7. The Bertz CT molecular complexity index is 1230. The molecule has 1 saturated heterocycles. The van der Waals surface area contributed by atoms with Crippen molar-refractivity contribution in [1.82, 2.24) is 0 Å². The number of phenolic OH excluding ortho intramolecular Hbond substituents is 3. The summed E-state index contributed by atoms with van der Waals surface area (Å²) < 4.78 is 16.4. The van der Waals surface area contributed by atoms with Gasteiger partial charge in [-0.05, 0) is 25.1 Å². The first-order valence-corrected chi connectivity index (χ1v) is 9.50. The topological polar surface area (TPSA) is 190 Å². The van der Waals surface area contributed by atoms with Gasteiger partial charge in [0.2, 0.25) is 17.5 Å². The summed E-state index contributed by atoms with van der Waals surface area (Å²) in [5, 5.41) is 69.3. The van der Waals surface area contributed by atoms with Crippen molar-refractivity contribution in [1.29, 1.82) is 0 Å². The molecule has 1 aliphatic rings. The third-order valence-electron chi connectivity index (χ3n) is 5.22. The predicted octanol–water partition coefficient (Wildman–Crippen LogP) is 0.489. The second-order valence-electron chi connectivity index (χ2n) is 7.43. The first-order valence-electron chi connectivity index (χ1n) is 9.50. The van der Waals surface area contributed by atoms with Gasteiger partial charge < -0.3 is 49.6 Å².